The fraction of sp³-hybridized carbons (Fsp3) is 0.611. The number of carbonyl (C=O) groups excluding carboxylic acids is 1. The van der Waals surface area contributed by atoms with Crippen molar-refractivity contribution in [2.75, 3.05) is 19.6 Å². The number of phenols is 1. The molecule has 24 heavy (non-hydrogen) atoms. The lowest BCUT2D eigenvalue weighted by Gasteiger charge is -2.37. The third-order valence-electron chi connectivity index (χ3n) is 5.37. The number of nitrogens with zero attached hydrogens (tertiary/aromatic N) is 1. The lowest BCUT2D eigenvalue weighted by atomic mass is 9.88. The van der Waals surface area contributed by atoms with E-state index in [0.29, 0.717) is 16.0 Å². The Labute approximate surface area is 153 Å². The van der Waals surface area contributed by atoms with Crippen molar-refractivity contribution in [3.63, 3.8) is 0 Å². The smallest absolute Gasteiger partial charge is 0.242 e. The van der Waals surface area contributed by atoms with E-state index in [9.17, 15) is 9.90 Å². The van der Waals surface area contributed by atoms with Crippen molar-refractivity contribution in [2.24, 2.45) is 5.92 Å². The van der Waals surface area contributed by atoms with Crippen LogP contribution in [-0.4, -0.2) is 41.1 Å². The first kappa shape index (κ1) is 17.8. The van der Waals surface area contributed by atoms with Crippen molar-refractivity contribution in [2.45, 2.75) is 44.6 Å². The summed E-state index contributed by atoms with van der Waals surface area (Å²) in [5.41, 5.74) is 0.452. The Kier molecular flexibility index (Phi) is 5.28. The Balaban J connectivity index is 1.57. The summed E-state index contributed by atoms with van der Waals surface area (Å²) >= 11 is 12.0. The number of likely N-dealkylation sites (tertiary alicyclic amines) is 1. The van der Waals surface area contributed by atoms with Gasteiger partial charge in [-0.2, -0.15) is 0 Å². The van der Waals surface area contributed by atoms with Gasteiger partial charge in [-0.3, -0.25) is 4.79 Å². The van der Waals surface area contributed by atoms with E-state index in [4.69, 9.17) is 23.2 Å². The van der Waals surface area contributed by atoms with E-state index in [1.54, 1.807) is 6.07 Å². The fourth-order valence-electron chi connectivity index (χ4n) is 3.82. The van der Waals surface area contributed by atoms with Crippen LogP contribution in [0.5, 0.6) is 5.75 Å². The van der Waals surface area contributed by atoms with Crippen LogP contribution in [0.4, 0.5) is 0 Å². The number of amides is 1. The molecule has 0 aliphatic carbocycles. The molecule has 1 atom stereocenters. The minimum atomic E-state index is -0.380. The molecule has 1 aromatic carbocycles. The molecule has 2 heterocycles. The number of aromatic hydroxyl groups is 1. The third kappa shape index (κ3) is 3.66. The van der Waals surface area contributed by atoms with Gasteiger partial charge < -0.3 is 15.3 Å². The first-order valence-corrected chi connectivity index (χ1v) is 9.36. The van der Waals surface area contributed by atoms with Crippen LogP contribution in [0.25, 0.3) is 0 Å². The molecule has 2 fully saturated rings. The molecule has 1 amide bonds. The largest absolute Gasteiger partial charge is 0.508 e. The van der Waals surface area contributed by atoms with Gasteiger partial charge in [-0.15, -0.1) is 0 Å². The zero-order valence-electron chi connectivity index (χ0n) is 13.9. The highest BCUT2D eigenvalue weighted by molar-refractivity contribution is 6.42. The van der Waals surface area contributed by atoms with E-state index in [1.807, 2.05) is 11.8 Å². The zero-order chi connectivity index (χ0) is 17.3. The summed E-state index contributed by atoms with van der Waals surface area (Å²) < 4.78 is 0. The highest BCUT2D eigenvalue weighted by Gasteiger charge is 2.39. The Morgan fingerprint density at radius 2 is 2.00 bits per heavy atom. The SMILES string of the molecule is C[C@]1(C(=O)N2CCC(Cc3cc(Cl)c(Cl)cc3O)CC2)CCCN1. The predicted octanol–water partition coefficient (Wildman–Crippen LogP) is 3.62. The number of hydrogen-bond acceptors (Lipinski definition) is 3. The average Bonchev–Trinajstić information content (AvgIpc) is 3.00. The normalized spacial score (nSPS) is 25.2. The van der Waals surface area contributed by atoms with Crippen molar-refractivity contribution < 1.29 is 9.90 Å². The van der Waals surface area contributed by atoms with Gasteiger partial charge in [-0.1, -0.05) is 23.2 Å². The molecule has 2 N–H and O–H groups in total. The van der Waals surface area contributed by atoms with E-state index in [0.717, 1.165) is 57.3 Å². The number of nitrogens with one attached hydrogen (secondary N) is 1. The lowest BCUT2D eigenvalue weighted by molar-refractivity contribution is -0.138. The molecule has 0 radical (unpaired) electrons. The molecule has 0 spiro atoms. The second-order valence-corrected chi connectivity index (χ2v) is 8.01. The van der Waals surface area contributed by atoms with Gasteiger partial charge in [0, 0.05) is 19.2 Å². The van der Waals surface area contributed by atoms with Crippen molar-refractivity contribution in [3.8, 4) is 5.75 Å². The summed E-state index contributed by atoms with van der Waals surface area (Å²) in [4.78, 5) is 14.7. The van der Waals surface area contributed by atoms with Crippen LogP contribution in [-0.2, 0) is 11.2 Å². The van der Waals surface area contributed by atoms with Crippen molar-refractivity contribution >= 4 is 29.1 Å². The maximum Gasteiger partial charge on any atom is 0.242 e. The number of halogens is 2. The molecule has 0 unspecified atom stereocenters. The molecule has 4 nitrogen and oxygen atoms in total. The van der Waals surface area contributed by atoms with Gasteiger partial charge in [0.15, 0.2) is 0 Å². The fourth-order valence-corrected chi connectivity index (χ4v) is 4.16. The monoisotopic (exact) mass is 370 g/mol. The quantitative estimate of drug-likeness (QED) is 0.853. The van der Waals surface area contributed by atoms with Gasteiger partial charge in [-0.25, -0.2) is 0 Å². The van der Waals surface area contributed by atoms with E-state index in [2.05, 4.69) is 5.32 Å². The lowest BCUT2D eigenvalue weighted by Crippen LogP contribution is -2.54. The van der Waals surface area contributed by atoms with Gasteiger partial charge in [-0.05, 0) is 63.1 Å². The molecule has 2 aliphatic rings. The van der Waals surface area contributed by atoms with Gasteiger partial charge in [0.25, 0.3) is 0 Å². The molecule has 0 saturated carbocycles. The second-order valence-electron chi connectivity index (χ2n) is 7.20. The number of carbonyl (C=O) groups is 1. The summed E-state index contributed by atoms with van der Waals surface area (Å²) in [6.45, 7) is 4.50. The maximum absolute atomic E-state index is 12.7. The minimum Gasteiger partial charge on any atom is -0.508 e. The van der Waals surface area contributed by atoms with Crippen molar-refractivity contribution in [3.05, 3.63) is 27.7 Å². The van der Waals surface area contributed by atoms with E-state index >= 15 is 0 Å². The summed E-state index contributed by atoms with van der Waals surface area (Å²) in [6, 6.07) is 3.25. The number of phenolic OH excluding ortho intramolecular Hbond substituents is 1. The standard InChI is InChI=1S/C18H24Cl2N2O2/c1-18(5-2-6-21-18)17(24)22-7-3-12(4-8-22)9-13-10-14(19)15(20)11-16(13)23/h10-12,21,23H,2-9H2,1H3/t18-/m1/s1. The highest BCUT2D eigenvalue weighted by Crippen LogP contribution is 2.33. The van der Waals surface area contributed by atoms with Crippen LogP contribution in [0.3, 0.4) is 0 Å². The predicted molar refractivity (Wildman–Crippen MR) is 96.8 cm³/mol. The number of rotatable bonds is 3. The van der Waals surface area contributed by atoms with Gasteiger partial charge in [0.1, 0.15) is 5.75 Å². The first-order valence-electron chi connectivity index (χ1n) is 8.60. The molecule has 2 aliphatic heterocycles. The highest BCUT2D eigenvalue weighted by atomic mass is 35.5. The number of benzene rings is 1. The summed E-state index contributed by atoms with van der Waals surface area (Å²) in [5, 5.41) is 14.2. The van der Waals surface area contributed by atoms with E-state index < -0.39 is 0 Å². The van der Waals surface area contributed by atoms with Crippen molar-refractivity contribution in [1.29, 1.82) is 0 Å². The van der Waals surface area contributed by atoms with Crippen LogP contribution in [0.1, 0.15) is 38.2 Å². The average molecular weight is 371 g/mol. The summed E-state index contributed by atoms with van der Waals surface area (Å²) in [6.07, 6.45) is 4.64. The summed E-state index contributed by atoms with van der Waals surface area (Å²) in [5.74, 6) is 0.878. The van der Waals surface area contributed by atoms with Crippen molar-refractivity contribution in [1.82, 2.24) is 10.2 Å². The Hall–Kier alpha value is -0.970. The first-order chi connectivity index (χ1) is 11.4. The molecular formula is C18H24Cl2N2O2. The molecule has 0 aromatic heterocycles. The number of hydrogen-bond donors (Lipinski definition) is 2. The maximum atomic E-state index is 12.7. The topological polar surface area (TPSA) is 52.6 Å². The number of piperidine rings is 1. The Morgan fingerprint density at radius 1 is 1.33 bits per heavy atom. The Bertz CT molecular complexity index is 622. The molecular weight excluding hydrogens is 347 g/mol. The molecule has 2 saturated heterocycles. The molecule has 6 heteroatoms. The van der Waals surface area contributed by atoms with Crippen LogP contribution in [0, 0.1) is 5.92 Å². The van der Waals surface area contributed by atoms with Gasteiger partial charge in [0.2, 0.25) is 5.91 Å². The third-order valence-corrected chi connectivity index (χ3v) is 6.09. The van der Waals surface area contributed by atoms with Gasteiger partial charge >= 0.3 is 0 Å². The van der Waals surface area contributed by atoms with E-state index in [1.165, 1.54) is 6.07 Å². The van der Waals surface area contributed by atoms with Gasteiger partial charge in [0.05, 0.1) is 15.6 Å². The molecule has 1 aromatic rings. The molecule has 0 bridgehead atoms. The van der Waals surface area contributed by atoms with Crippen LogP contribution in [0.2, 0.25) is 10.0 Å². The van der Waals surface area contributed by atoms with Crippen LogP contribution >= 0.6 is 23.2 Å². The Morgan fingerprint density at radius 3 is 2.62 bits per heavy atom. The zero-order valence-corrected chi connectivity index (χ0v) is 15.5. The van der Waals surface area contributed by atoms with Crippen LogP contribution < -0.4 is 5.32 Å². The molecule has 132 valence electrons. The van der Waals surface area contributed by atoms with E-state index in [-0.39, 0.29) is 17.2 Å². The minimum absolute atomic E-state index is 0.200. The second kappa shape index (κ2) is 7.11. The molecule has 3 rings (SSSR count). The summed E-state index contributed by atoms with van der Waals surface area (Å²) in [7, 11) is 0. The van der Waals surface area contributed by atoms with Crippen LogP contribution in [0.15, 0.2) is 12.1 Å².